The number of amides is 1. The van der Waals surface area contributed by atoms with Crippen molar-refractivity contribution in [1.82, 2.24) is 4.73 Å². The van der Waals surface area contributed by atoms with E-state index in [0.717, 1.165) is 12.1 Å². The maximum absolute atomic E-state index is 12.6. The van der Waals surface area contributed by atoms with E-state index < -0.39 is 18.0 Å². The molecule has 30 heavy (non-hydrogen) atoms. The van der Waals surface area contributed by atoms with E-state index >= 15 is 0 Å². The smallest absolute Gasteiger partial charge is 0.456 e. The summed E-state index contributed by atoms with van der Waals surface area (Å²) in [5, 5.41) is 9.85. The number of hydrogen-bond acceptors (Lipinski definition) is 4. The molecule has 1 aromatic heterocycles. The number of carbonyl (C=O) groups is 1. The first kappa shape index (κ1) is 21.5. The first-order chi connectivity index (χ1) is 14.1. The van der Waals surface area contributed by atoms with Gasteiger partial charge in [-0.25, -0.2) is 0 Å². The lowest BCUT2D eigenvalue weighted by Gasteiger charge is -2.12. The van der Waals surface area contributed by atoms with Crippen LogP contribution in [0.3, 0.4) is 0 Å². The van der Waals surface area contributed by atoms with E-state index in [9.17, 15) is 23.2 Å². The second-order valence-corrected chi connectivity index (χ2v) is 6.52. The van der Waals surface area contributed by atoms with Crippen LogP contribution >= 0.6 is 23.2 Å². The fourth-order valence-electron chi connectivity index (χ4n) is 2.29. The van der Waals surface area contributed by atoms with Gasteiger partial charge in [-0.1, -0.05) is 29.3 Å². The molecule has 3 aromatic rings. The van der Waals surface area contributed by atoms with Gasteiger partial charge in [0, 0.05) is 12.3 Å². The Morgan fingerprint density at radius 2 is 1.63 bits per heavy atom. The van der Waals surface area contributed by atoms with Crippen molar-refractivity contribution in [2.24, 2.45) is 4.99 Å². The third kappa shape index (κ3) is 5.46. The standard InChI is InChI=1S/C19H11Cl2F3N2O4/c20-14-9-13(18(27)25-17-3-1-2-8-26(17)28)16(10-15(14)21)29-11-4-6-12(7-5-11)30-19(22,23)24/h1-10,28H. The fraction of sp³-hybridized carbons (Fsp3) is 0.0526. The van der Waals surface area contributed by atoms with Crippen molar-refractivity contribution in [2.75, 3.05) is 0 Å². The van der Waals surface area contributed by atoms with Crippen molar-refractivity contribution in [3.63, 3.8) is 0 Å². The van der Waals surface area contributed by atoms with Gasteiger partial charge in [0.2, 0.25) is 0 Å². The topological polar surface area (TPSA) is 73.1 Å². The first-order valence-corrected chi connectivity index (χ1v) is 8.87. The summed E-state index contributed by atoms with van der Waals surface area (Å²) in [5.74, 6) is -1.17. The predicted octanol–water partition coefficient (Wildman–Crippen LogP) is 5.46. The third-order valence-corrected chi connectivity index (χ3v) is 4.29. The van der Waals surface area contributed by atoms with Crippen molar-refractivity contribution in [2.45, 2.75) is 6.36 Å². The van der Waals surface area contributed by atoms with E-state index in [1.807, 2.05) is 0 Å². The Labute approximate surface area is 177 Å². The molecule has 0 fully saturated rings. The van der Waals surface area contributed by atoms with E-state index in [-0.39, 0.29) is 32.6 Å². The summed E-state index contributed by atoms with van der Waals surface area (Å²) in [7, 11) is 0. The number of rotatable bonds is 4. The number of benzene rings is 2. The zero-order valence-corrected chi connectivity index (χ0v) is 16.2. The number of nitrogens with zero attached hydrogens (tertiary/aromatic N) is 2. The van der Waals surface area contributed by atoms with E-state index in [4.69, 9.17) is 27.9 Å². The fourth-order valence-corrected chi connectivity index (χ4v) is 2.61. The highest BCUT2D eigenvalue weighted by Crippen LogP contribution is 2.34. The van der Waals surface area contributed by atoms with Crippen molar-refractivity contribution >= 4 is 29.1 Å². The second kappa shape index (κ2) is 8.68. The molecule has 3 rings (SSSR count). The largest absolute Gasteiger partial charge is 0.573 e. The molecule has 6 nitrogen and oxygen atoms in total. The zero-order valence-electron chi connectivity index (χ0n) is 14.7. The lowest BCUT2D eigenvalue weighted by molar-refractivity contribution is -0.274. The molecule has 0 atom stereocenters. The van der Waals surface area contributed by atoms with Gasteiger partial charge in [-0.3, -0.25) is 4.79 Å². The minimum absolute atomic E-state index is 0.0388. The molecule has 0 saturated carbocycles. The Bertz CT molecular complexity index is 1150. The summed E-state index contributed by atoms with van der Waals surface area (Å²) in [6.07, 6.45) is -3.54. The van der Waals surface area contributed by atoms with E-state index in [0.29, 0.717) is 4.73 Å². The average Bonchev–Trinajstić information content (AvgIpc) is 2.66. The molecule has 0 unspecified atom stereocenters. The van der Waals surface area contributed by atoms with Gasteiger partial charge in [-0.2, -0.15) is 9.72 Å². The van der Waals surface area contributed by atoms with Gasteiger partial charge in [-0.15, -0.1) is 13.2 Å². The van der Waals surface area contributed by atoms with Crippen LogP contribution in [0.15, 0.2) is 65.8 Å². The van der Waals surface area contributed by atoms with Crippen LogP contribution in [0.25, 0.3) is 0 Å². The van der Waals surface area contributed by atoms with Gasteiger partial charge in [-0.05, 0) is 42.5 Å². The van der Waals surface area contributed by atoms with E-state index in [1.165, 1.54) is 42.6 Å². The van der Waals surface area contributed by atoms with Gasteiger partial charge in [0.15, 0.2) is 5.49 Å². The number of alkyl halides is 3. The summed E-state index contributed by atoms with van der Waals surface area (Å²) >= 11 is 12.0. The van der Waals surface area contributed by atoms with Crippen LogP contribution in [0.4, 0.5) is 13.2 Å². The van der Waals surface area contributed by atoms with Gasteiger partial charge in [0.1, 0.15) is 17.2 Å². The number of hydrogen-bond donors (Lipinski definition) is 1. The lowest BCUT2D eigenvalue weighted by atomic mass is 10.2. The van der Waals surface area contributed by atoms with Crippen LogP contribution in [0.5, 0.6) is 17.2 Å². The van der Waals surface area contributed by atoms with Gasteiger partial charge in [0.05, 0.1) is 15.6 Å². The number of ether oxygens (including phenoxy) is 2. The molecule has 0 aliphatic carbocycles. The number of carbonyl (C=O) groups excluding carboxylic acids is 1. The number of aromatic nitrogens is 1. The molecule has 0 aliphatic rings. The maximum atomic E-state index is 12.6. The molecule has 0 aliphatic heterocycles. The van der Waals surface area contributed by atoms with Crippen molar-refractivity contribution in [3.05, 3.63) is 81.9 Å². The summed E-state index contributed by atoms with van der Waals surface area (Å²) in [6.45, 7) is 0. The molecular weight excluding hydrogens is 448 g/mol. The highest BCUT2D eigenvalue weighted by Gasteiger charge is 2.31. The van der Waals surface area contributed by atoms with E-state index in [2.05, 4.69) is 9.73 Å². The molecule has 156 valence electrons. The van der Waals surface area contributed by atoms with Crippen LogP contribution < -0.4 is 15.0 Å². The Morgan fingerprint density at radius 1 is 1.00 bits per heavy atom. The number of pyridine rings is 1. The normalized spacial score (nSPS) is 12.0. The van der Waals surface area contributed by atoms with Crippen LogP contribution in [0, 0.1) is 0 Å². The number of halogens is 5. The Morgan fingerprint density at radius 3 is 2.27 bits per heavy atom. The van der Waals surface area contributed by atoms with E-state index in [1.54, 1.807) is 6.07 Å². The summed E-state index contributed by atoms with van der Waals surface area (Å²) in [6, 6.07) is 11.5. The molecule has 1 N–H and O–H groups in total. The Balaban J connectivity index is 1.94. The van der Waals surface area contributed by atoms with Crippen molar-refractivity contribution in [3.8, 4) is 17.2 Å². The average molecular weight is 459 g/mol. The molecule has 0 bridgehead atoms. The molecule has 2 aromatic carbocycles. The molecule has 11 heteroatoms. The minimum atomic E-state index is -4.83. The third-order valence-electron chi connectivity index (χ3n) is 3.57. The quantitative estimate of drug-likeness (QED) is 0.526. The molecule has 0 radical (unpaired) electrons. The molecule has 1 amide bonds. The van der Waals surface area contributed by atoms with Gasteiger partial charge < -0.3 is 14.7 Å². The first-order valence-electron chi connectivity index (χ1n) is 8.11. The highest BCUT2D eigenvalue weighted by molar-refractivity contribution is 6.42. The van der Waals surface area contributed by atoms with Crippen LogP contribution in [0.1, 0.15) is 10.4 Å². The van der Waals surface area contributed by atoms with Crippen molar-refractivity contribution in [1.29, 1.82) is 0 Å². The van der Waals surface area contributed by atoms with Gasteiger partial charge in [0.25, 0.3) is 5.91 Å². The lowest BCUT2D eigenvalue weighted by Crippen LogP contribution is -2.19. The minimum Gasteiger partial charge on any atom is -0.456 e. The molecular formula is C19H11Cl2F3N2O4. The zero-order chi connectivity index (χ0) is 21.9. The van der Waals surface area contributed by atoms with Crippen molar-refractivity contribution < 1.29 is 32.6 Å². The summed E-state index contributed by atoms with van der Waals surface area (Å²) < 4.78 is 46.8. The highest BCUT2D eigenvalue weighted by atomic mass is 35.5. The predicted molar refractivity (Wildman–Crippen MR) is 101 cm³/mol. The van der Waals surface area contributed by atoms with Crippen LogP contribution in [0.2, 0.25) is 10.0 Å². The summed E-state index contributed by atoms with van der Waals surface area (Å²) in [5.41, 5.74) is -0.128. The monoisotopic (exact) mass is 458 g/mol. The Kier molecular flexibility index (Phi) is 6.23. The molecule has 0 saturated heterocycles. The maximum Gasteiger partial charge on any atom is 0.573 e. The molecule has 1 heterocycles. The van der Waals surface area contributed by atoms with Crippen LogP contribution in [-0.4, -0.2) is 22.2 Å². The summed E-state index contributed by atoms with van der Waals surface area (Å²) in [4.78, 5) is 16.4. The molecule has 0 spiro atoms. The SMILES string of the molecule is O=C(N=c1ccccn1O)c1cc(Cl)c(Cl)cc1Oc1ccc(OC(F)(F)F)cc1. The van der Waals surface area contributed by atoms with Gasteiger partial charge >= 0.3 is 6.36 Å². The Hall–Kier alpha value is -3.17. The second-order valence-electron chi connectivity index (χ2n) is 5.70. The van der Waals surface area contributed by atoms with Crippen LogP contribution in [-0.2, 0) is 0 Å².